The van der Waals surface area contributed by atoms with Crippen molar-refractivity contribution in [1.29, 1.82) is 0 Å². The molecule has 24 heteroatoms. The van der Waals surface area contributed by atoms with Crippen LogP contribution in [0.1, 0.15) is 20.3 Å². The molecule has 0 amide bonds. The number of hydrogen-bond donors (Lipinski definition) is 4. The molecule has 31 heavy (non-hydrogen) atoms. The van der Waals surface area contributed by atoms with E-state index in [0.29, 0.717) is 6.42 Å². The Morgan fingerprint density at radius 2 is 1.00 bits per heavy atom. The van der Waals surface area contributed by atoms with Crippen molar-refractivity contribution in [1.82, 2.24) is 9.44 Å². The van der Waals surface area contributed by atoms with Gasteiger partial charge in [-0.05, 0) is 6.42 Å². The van der Waals surface area contributed by atoms with Crippen molar-refractivity contribution in [3.05, 3.63) is 0 Å². The van der Waals surface area contributed by atoms with E-state index in [0.717, 1.165) is 0 Å². The molecule has 0 fully saturated rings. The quantitative estimate of drug-likeness (QED) is 0.164. The first-order valence-electron chi connectivity index (χ1n) is 6.67. The van der Waals surface area contributed by atoms with Gasteiger partial charge >= 0.3 is 134 Å². The molecule has 0 spiro atoms. The smallest absolute Gasteiger partial charge is 0.288 e. The number of alkyl halides is 6. The van der Waals surface area contributed by atoms with Crippen LogP contribution >= 0.6 is 0 Å². The fourth-order valence-electron chi connectivity index (χ4n) is 0.826. The molecule has 0 aliphatic heterocycles. The minimum Gasteiger partial charge on any atom is -0.288 e. The zero-order chi connectivity index (χ0) is 23.9. The first-order chi connectivity index (χ1) is 12.5. The van der Waals surface area contributed by atoms with Crippen LogP contribution in [0.15, 0.2) is 7.54 Å². The summed E-state index contributed by atoms with van der Waals surface area (Å²) in [6.07, 6.45) is 0.332. The van der Waals surface area contributed by atoms with Gasteiger partial charge in [-0.3, -0.25) is 9.11 Å². The summed E-state index contributed by atoms with van der Waals surface area (Å²) in [6.45, 7) is 2.53. The Hall–Kier alpha value is 2.49. The summed E-state index contributed by atoms with van der Waals surface area (Å²) < 4.78 is 157. The van der Waals surface area contributed by atoms with Crippen molar-refractivity contribution in [3.63, 3.8) is 0 Å². The molecule has 2 unspecified atom stereocenters. The maximum Gasteiger partial charge on any atom is 1.00 e. The third-order valence-electron chi connectivity index (χ3n) is 1.86. The molecule has 12 nitrogen and oxygen atoms in total. The minimum absolute atomic E-state index is 0. The van der Waals surface area contributed by atoms with Crippen LogP contribution < -0.4 is 112 Å². The Morgan fingerprint density at radius 1 is 0.710 bits per heavy atom. The van der Waals surface area contributed by atoms with E-state index >= 15 is 0 Å². The van der Waals surface area contributed by atoms with E-state index in [1.807, 2.05) is 7.54 Å². The average molecular weight is 605 g/mol. The van der Waals surface area contributed by atoms with E-state index < -0.39 is 51.5 Å². The van der Waals surface area contributed by atoms with E-state index in [1.54, 1.807) is 16.4 Å². The first-order valence-corrected chi connectivity index (χ1v) is 12.5. The number of hydrogen-bond acceptors (Lipinski definition) is 6. The van der Waals surface area contributed by atoms with Gasteiger partial charge in [0, 0.05) is 13.1 Å². The summed E-state index contributed by atoms with van der Waals surface area (Å²) in [7, 11) is -21.0. The normalized spacial score (nSPS) is 16.2. The van der Waals surface area contributed by atoms with Crippen LogP contribution in [0.3, 0.4) is 0 Å². The van der Waals surface area contributed by atoms with Crippen LogP contribution in [-0.2, 0) is 40.4 Å². The molecule has 178 valence electrons. The number of rotatable bonds is 7. The van der Waals surface area contributed by atoms with E-state index in [1.165, 1.54) is 6.92 Å². The summed E-state index contributed by atoms with van der Waals surface area (Å²) >= 11 is 0. The molecule has 0 saturated heterocycles. The Labute approximate surface area is 260 Å². The van der Waals surface area contributed by atoms with Crippen LogP contribution in [0.4, 0.5) is 26.3 Å². The predicted molar refractivity (Wildman–Crippen MR) is 88.3 cm³/mol. The summed E-state index contributed by atoms with van der Waals surface area (Å²) in [6, 6.07) is 0. The second-order valence-electron chi connectivity index (χ2n) is 4.38. The van der Waals surface area contributed by atoms with Crippen molar-refractivity contribution >= 4 is 40.4 Å². The molecule has 0 heterocycles. The number of nitrogens with one attached hydrogen (secondary N) is 2. The average Bonchev–Trinajstić information content (AvgIpc) is 2.41. The van der Waals surface area contributed by atoms with Gasteiger partial charge < -0.3 is 0 Å². The molecule has 0 aromatic rings. The molecule has 0 radical (unpaired) electrons. The number of sulfonamides is 2. The second kappa shape index (κ2) is 15.6. The van der Waals surface area contributed by atoms with Crippen LogP contribution in [-0.4, -0.2) is 58.5 Å². The zero-order valence-corrected chi connectivity index (χ0v) is 25.8. The molecule has 4 N–H and O–H groups in total. The van der Waals surface area contributed by atoms with Crippen LogP contribution in [0.2, 0.25) is 0 Å². The third kappa shape index (κ3) is 17.5. The van der Waals surface area contributed by atoms with E-state index in [2.05, 4.69) is 0 Å². The van der Waals surface area contributed by atoms with Crippen molar-refractivity contribution in [2.45, 2.75) is 31.3 Å². The first kappa shape index (κ1) is 40.7. The predicted octanol–water partition coefficient (Wildman–Crippen LogP) is -5.00. The maximum absolute atomic E-state index is 11.7. The van der Waals surface area contributed by atoms with Crippen molar-refractivity contribution in [2.75, 3.05) is 13.1 Å². The molecule has 0 bridgehead atoms. The van der Waals surface area contributed by atoms with Gasteiger partial charge in [0.05, 0.1) is 0 Å². The standard InChI is InChI=1S/C4H9F3N2O4S2.C3H7F3N2O4S2.2K/c1-2-3-8-15(12,13)9-14(10,11)4(5,6)7;1-2-7-14(11,12)8-13(9,10)3(4,5)6;;/h2-3H2,1H3,(H2,8,9,12,13);2H2,1H3,(H2,7,8,11,12);;/q;;2*+1. The van der Waals surface area contributed by atoms with E-state index in [-0.39, 0.29) is 116 Å². The Kier molecular flexibility index (Phi) is 20.4. The van der Waals surface area contributed by atoms with Crippen LogP contribution in [0, 0.1) is 0 Å². The van der Waals surface area contributed by atoms with Crippen molar-refractivity contribution in [3.8, 4) is 0 Å². The molecule has 0 rings (SSSR count). The molecule has 0 aromatic heterocycles. The second-order valence-corrected chi connectivity index (χ2v) is 11.0. The van der Waals surface area contributed by atoms with Gasteiger partial charge in [0.15, 0.2) is 0 Å². The molecule has 0 saturated carbocycles. The zero-order valence-electron chi connectivity index (χ0n) is 16.3. The molecular weight excluding hydrogens is 589 g/mol. The Morgan fingerprint density at radius 3 is 1.23 bits per heavy atom. The topological polar surface area (TPSA) is 192 Å². The van der Waals surface area contributed by atoms with Crippen LogP contribution in [0.5, 0.6) is 0 Å². The van der Waals surface area contributed by atoms with Gasteiger partial charge in [-0.25, -0.2) is 17.9 Å². The number of halogens is 6. The molecule has 0 aromatic carbocycles. The summed E-state index contributed by atoms with van der Waals surface area (Å²) in [5.41, 5.74) is -11.3. The van der Waals surface area contributed by atoms with E-state index in [4.69, 9.17) is 9.11 Å². The van der Waals surface area contributed by atoms with E-state index in [9.17, 15) is 51.6 Å². The van der Waals surface area contributed by atoms with Crippen molar-refractivity contribution in [2.24, 2.45) is 7.54 Å². The summed E-state index contributed by atoms with van der Waals surface area (Å²) in [5.74, 6) is 0. The maximum atomic E-state index is 11.7. The minimum atomic E-state index is -5.95. The third-order valence-corrected chi connectivity index (χ3v) is 7.46. The van der Waals surface area contributed by atoms with Gasteiger partial charge in [-0.15, -0.1) is 0 Å². The summed E-state index contributed by atoms with van der Waals surface area (Å²) in [5, 5.41) is 0. The fraction of sp³-hybridized carbons (Fsp3) is 1.00. The van der Waals surface area contributed by atoms with Crippen molar-refractivity contribution < 1.29 is 163 Å². The van der Waals surface area contributed by atoms with Gasteiger partial charge in [-0.2, -0.15) is 43.2 Å². The molecular formula is C7H16F6K2N4O8S4+2. The van der Waals surface area contributed by atoms with Gasteiger partial charge in [0.25, 0.3) is 0 Å². The Balaban J connectivity index is -0.000000221. The molecule has 0 aliphatic rings. The monoisotopic (exact) mass is 604 g/mol. The van der Waals surface area contributed by atoms with Gasteiger partial charge in [-0.1, -0.05) is 21.4 Å². The molecule has 0 aliphatic carbocycles. The van der Waals surface area contributed by atoms with Crippen LogP contribution in [0.25, 0.3) is 0 Å². The fourth-order valence-corrected chi connectivity index (χ4v) is 4.90. The number of nitrogens with zero attached hydrogens (tertiary/aromatic N) is 2. The largest absolute Gasteiger partial charge is 1.00 e. The van der Waals surface area contributed by atoms with Gasteiger partial charge in [0.2, 0.25) is 20.4 Å². The SMILES string of the molecule is CCCNS(=O)(O)=NS(=O)(=O)C(F)(F)F.CCNS(=O)(O)=NS(=O)(=O)C(F)(F)F.[K+].[K+]. The molecule has 2 atom stereocenters. The summed E-state index contributed by atoms with van der Waals surface area (Å²) in [4.78, 5) is 0. The van der Waals surface area contributed by atoms with Gasteiger partial charge in [0.1, 0.15) is 0 Å². The Bertz CT molecular complexity index is 996.